The lowest BCUT2D eigenvalue weighted by Crippen LogP contribution is -2.53. The summed E-state index contributed by atoms with van der Waals surface area (Å²) in [6.45, 7) is 6.38. The number of hydrogen-bond donors (Lipinski definition) is 1. The largest absolute Gasteiger partial charge is 0.338 e. The summed E-state index contributed by atoms with van der Waals surface area (Å²) in [6.07, 6.45) is 1.31. The highest BCUT2D eigenvalue weighted by Crippen LogP contribution is 2.17. The zero-order valence-corrected chi connectivity index (χ0v) is 11.8. The summed E-state index contributed by atoms with van der Waals surface area (Å²) >= 11 is 1.60. The highest BCUT2D eigenvalue weighted by atomic mass is 32.1. The molecule has 0 spiro atoms. The van der Waals surface area contributed by atoms with Crippen molar-refractivity contribution in [1.29, 1.82) is 0 Å². The van der Waals surface area contributed by atoms with Crippen molar-refractivity contribution in [3.05, 3.63) is 16.1 Å². The van der Waals surface area contributed by atoms with Crippen LogP contribution in [0, 0.1) is 6.92 Å². The Bertz CT molecular complexity index is 385. The number of rotatable bonds is 5. The Morgan fingerprint density at radius 3 is 2.53 bits per heavy atom. The van der Waals surface area contributed by atoms with Crippen LogP contribution >= 0.6 is 11.3 Å². The zero-order valence-electron chi connectivity index (χ0n) is 11.0. The van der Waals surface area contributed by atoms with E-state index in [2.05, 4.69) is 4.98 Å². The molecule has 0 aliphatic heterocycles. The molecule has 0 radical (unpaired) electrons. The molecule has 0 bridgehead atoms. The van der Waals surface area contributed by atoms with Gasteiger partial charge < -0.3 is 10.6 Å². The van der Waals surface area contributed by atoms with Gasteiger partial charge in [-0.1, -0.05) is 13.8 Å². The van der Waals surface area contributed by atoms with Crippen LogP contribution in [0.3, 0.4) is 0 Å². The van der Waals surface area contributed by atoms with Gasteiger partial charge in [0.25, 0.3) is 0 Å². The molecule has 0 atom stereocenters. The summed E-state index contributed by atoms with van der Waals surface area (Å²) in [5.41, 5.74) is 6.28. The zero-order chi connectivity index (χ0) is 13.1. The van der Waals surface area contributed by atoms with Gasteiger partial charge in [-0.15, -0.1) is 11.3 Å². The topological polar surface area (TPSA) is 59.2 Å². The molecule has 5 heteroatoms. The number of nitrogens with two attached hydrogens (primary N) is 1. The van der Waals surface area contributed by atoms with E-state index in [9.17, 15) is 4.79 Å². The number of amides is 1. The van der Waals surface area contributed by atoms with E-state index in [1.165, 1.54) is 0 Å². The molecule has 0 aromatic carbocycles. The van der Waals surface area contributed by atoms with E-state index in [1.807, 2.05) is 26.2 Å². The molecule has 0 fully saturated rings. The van der Waals surface area contributed by atoms with Crippen LogP contribution in [-0.2, 0) is 11.3 Å². The number of aromatic nitrogens is 1. The Morgan fingerprint density at radius 2 is 2.12 bits per heavy atom. The van der Waals surface area contributed by atoms with Crippen LogP contribution in [0.4, 0.5) is 0 Å². The quantitative estimate of drug-likeness (QED) is 0.874. The van der Waals surface area contributed by atoms with Gasteiger partial charge >= 0.3 is 0 Å². The number of hydrogen-bond acceptors (Lipinski definition) is 4. The van der Waals surface area contributed by atoms with Gasteiger partial charge in [-0.2, -0.15) is 0 Å². The van der Waals surface area contributed by atoms with Gasteiger partial charge in [0.15, 0.2) is 0 Å². The van der Waals surface area contributed by atoms with Gasteiger partial charge in [0.2, 0.25) is 5.91 Å². The first-order chi connectivity index (χ1) is 7.92. The van der Waals surface area contributed by atoms with Crippen LogP contribution < -0.4 is 5.73 Å². The van der Waals surface area contributed by atoms with E-state index in [0.717, 1.165) is 10.7 Å². The second-order valence-electron chi connectivity index (χ2n) is 4.38. The van der Waals surface area contributed by atoms with Gasteiger partial charge in [-0.25, -0.2) is 4.98 Å². The predicted molar refractivity (Wildman–Crippen MR) is 70.8 cm³/mol. The SMILES string of the molecule is CCC(N)(CC)C(=O)N(C)Cc1csc(C)n1. The van der Waals surface area contributed by atoms with Crippen molar-refractivity contribution in [3.63, 3.8) is 0 Å². The van der Waals surface area contributed by atoms with Crippen molar-refractivity contribution in [3.8, 4) is 0 Å². The Hall–Kier alpha value is -0.940. The summed E-state index contributed by atoms with van der Waals surface area (Å²) in [5, 5.41) is 3.00. The second-order valence-corrected chi connectivity index (χ2v) is 5.44. The molecule has 1 heterocycles. The first kappa shape index (κ1) is 14.1. The van der Waals surface area contributed by atoms with Gasteiger partial charge in [0.05, 0.1) is 22.8 Å². The van der Waals surface area contributed by atoms with Crippen molar-refractivity contribution >= 4 is 17.2 Å². The minimum atomic E-state index is -0.736. The predicted octanol–water partition coefficient (Wildman–Crippen LogP) is 1.93. The van der Waals surface area contributed by atoms with Crippen LogP contribution in [-0.4, -0.2) is 28.4 Å². The summed E-state index contributed by atoms with van der Waals surface area (Å²) in [7, 11) is 1.78. The van der Waals surface area contributed by atoms with E-state index >= 15 is 0 Å². The minimum absolute atomic E-state index is 0.00634. The molecule has 96 valence electrons. The summed E-state index contributed by atoms with van der Waals surface area (Å²) in [5.74, 6) is -0.00634. The number of likely N-dealkylation sites (N-methyl/N-ethyl adjacent to an activating group) is 1. The van der Waals surface area contributed by atoms with Crippen LogP contribution in [0.2, 0.25) is 0 Å². The lowest BCUT2D eigenvalue weighted by atomic mass is 9.92. The lowest BCUT2D eigenvalue weighted by Gasteiger charge is -2.30. The highest BCUT2D eigenvalue weighted by molar-refractivity contribution is 7.09. The maximum absolute atomic E-state index is 12.2. The maximum atomic E-state index is 12.2. The molecule has 1 aromatic rings. The number of carbonyl (C=O) groups excluding carboxylic acids is 1. The molecule has 17 heavy (non-hydrogen) atoms. The van der Waals surface area contributed by atoms with E-state index in [0.29, 0.717) is 19.4 Å². The molecular weight excluding hydrogens is 234 g/mol. The number of nitrogens with zero attached hydrogens (tertiary/aromatic N) is 2. The normalized spacial score (nSPS) is 11.6. The lowest BCUT2D eigenvalue weighted by molar-refractivity contribution is -0.136. The van der Waals surface area contributed by atoms with Gasteiger partial charge in [0, 0.05) is 12.4 Å². The van der Waals surface area contributed by atoms with Crippen molar-refractivity contribution < 1.29 is 4.79 Å². The van der Waals surface area contributed by atoms with Gasteiger partial charge in [0.1, 0.15) is 0 Å². The average molecular weight is 255 g/mol. The molecule has 0 aliphatic rings. The molecule has 0 unspecified atom stereocenters. The van der Waals surface area contributed by atoms with Crippen molar-refractivity contribution in [1.82, 2.24) is 9.88 Å². The minimum Gasteiger partial charge on any atom is -0.338 e. The summed E-state index contributed by atoms with van der Waals surface area (Å²) in [6, 6.07) is 0. The Balaban J connectivity index is 2.70. The number of thiazole rings is 1. The average Bonchev–Trinajstić information content (AvgIpc) is 2.72. The van der Waals surface area contributed by atoms with Crippen molar-refractivity contribution in [2.24, 2.45) is 5.73 Å². The standard InChI is InChI=1S/C12H21N3OS/c1-5-12(13,6-2)11(16)15(4)7-10-8-17-9(3)14-10/h8H,5-7,13H2,1-4H3. The Labute approximate surface area is 107 Å². The summed E-state index contributed by atoms with van der Waals surface area (Å²) in [4.78, 5) is 18.2. The molecule has 0 saturated heterocycles. The number of carbonyl (C=O) groups is 1. The fourth-order valence-electron chi connectivity index (χ4n) is 1.73. The highest BCUT2D eigenvalue weighted by Gasteiger charge is 2.32. The first-order valence-electron chi connectivity index (χ1n) is 5.88. The van der Waals surface area contributed by atoms with Gasteiger partial charge in [-0.05, 0) is 19.8 Å². The van der Waals surface area contributed by atoms with Gasteiger partial charge in [-0.3, -0.25) is 4.79 Å². The van der Waals surface area contributed by atoms with Crippen LogP contribution in [0.25, 0.3) is 0 Å². The molecule has 1 amide bonds. The molecule has 1 rings (SSSR count). The molecule has 1 aromatic heterocycles. The van der Waals surface area contributed by atoms with Crippen molar-refractivity contribution in [2.45, 2.75) is 45.7 Å². The first-order valence-corrected chi connectivity index (χ1v) is 6.76. The third-order valence-corrected chi connectivity index (χ3v) is 3.92. The van der Waals surface area contributed by atoms with E-state index in [-0.39, 0.29) is 5.91 Å². The smallest absolute Gasteiger partial charge is 0.242 e. The fourth-order valence-corrected chi connectivity index (χ4v) is 2.33. The Morgan fingerprint density at radius 1 is 1.53 bits per heavy atom. The van der Waals surface area contributed by atoms with E-state index in [1.54, 1.807) is 23.3 Å². The third-order valence-electron chi connectivity index (χ3n) is 3.10. The van der Waals surface area contributed by atoms with Crippen LogP contribution in [0.15, 0.2) is 5.38 Å². The molecule has 0 saturated carbocycles. The summed E-state index contributed by atoms with van der Waals surface area (Å²) < 4.78 is 0. The number of aryl methyl sites for hydroxylation is 1. The monoisotopic (exact) mass is 255 g/mol. The molecule has 4 nitrogen and oxygen atoms in total. The van der Waals surface area contributed by atoms with E-state index in [4.69, 9.17) is 5.73 Å². The maximum Gasteiger partial charge on any atom is 0.242 e. The molecule has 0 aliphatic carbocycles. The molecule has 2 N–H and O–H groups in total. The Kier molecular flexibility index (Phi) is 4.65. The van der Waals surface area contributed by atoms with Crippen molar-refractivity contribution in [2.75, 3.05) is 7.05 Å². The van der Waals surface area contributed by atoms with Crippen LogP contribution in [0.5, 0.6) is 0 Å². The van der Waals surface area contributed by atoms with E-state index < -0.39 is 5.54 Å². The molecular formula is C12H21N3OS. The second kappa shape index (κ2) is 5.60. The van der Waals surface area contributed by atoms with Crippen LogP contribution in [0.1, 0.15) is 37.4 Å². The fraction of sp³-hybridized carbons (Fsp3) is 0.667. The third kappa shape index (κ3) is 3.26.